The number of hydrogen-bond donors (Lipinski definition) is 1. The number of rotatable bonds is 6. The van der Waals surface area contributed by atoms with E-state index in [1.165, 1.54) is 6.20 Å². The first-order valence-electron chi connectivity index (χ1n) is 8.90. The predicted octanol–water partition coefficient (Wildman–Crippen LogP) is 6.28. The van der Waals surface area contributed by atoms with Gasteiger partial charge in [-0.2, -0.15) is 0 Å². The topological polar surface area (TPSA) is 60.5 Å². The Bertz CT molecular complexity index is 1040. The number of carbonyl (C=O) groups is 1. The van der Waals surface area contributed by atoms with Crippen molar-refractivity contribution in [3.63, 3.8) is 0 Å². The molecule has 1 heterocycles. The Morgan fingerprint density at radius 2 is 2.00 bits per heavy atom. The molecule has 3 aromatic rings. The number of aromatic nitrogens is 1. The minimum atomic E-state index is -0.441. The summed E-state index contributed by atoms with van der Waals surface area (Å²) in [4.78, 5) is 17.0. The molecule has 1 N–H and O–H groups in total. The van der Waals surface area contributed by atoms with Crippen molar-refractivity contribution in [2.75, 3.05) is 18.5 Å². The number of pyridine rings is 1. The van der Waals surface area contributed by atoms with Crippen LogP contribution >= 0.6 is 27.5 Å². The summed E-state index contributed by atoms with van der Waals surface area (Å²) in [6, 6.07) is 9.29. The number of benzene rings is 2. The van der Waals surface area contributed by atoms with E-state index in [9.17, 15) is 4.79 Å². The SMILES string of the molecule is CCOC(=O)c1cnc2cc(OCC)c(Br)cc2c1Nc1cc(Cl)ccc1C. The van der Waals surface area contributed by atoms with E-state index >= 15 is 0 Å². The van der Waals surface area contributed by atoms with Crippen LogP contribution in [0, 0.1) is 6.92 Å². The Morgan fingerprint density at radius 3 is 2.71 bits per heavy atom. The van der Waals surface area contributed by atoms with Crippen molar-refractivity contribution in [2.24, 2.45) is 0 Å². The number of halogens is 2. The average Bonchev–Trinajstić information content (AvgIpc) is 2.66. The van der Waals surface area contributed by atoms with Crippen LogP contribution in [-0.4, -0.2) is 24.2 Å². The van der Waals surface area contributed by atoms with Crippen LogP contribution in [-0.2, 0) is 4.74 Å². The summed E-state index contributed by atoms with van der Waals surface area (Å²) in [6.45, 7) is 6.47. The van der Waals surface area contributed by atoms with Crippen LogP contribution in [0.15, 0.2) is 41.0 Å². The van der Waals surface area contributed by atoms with Gasteiger partial charge in [-0.15, -0.1) is 0 Å². The van der Waals surface area contributed by atoms with Crippen LogP contribution in [0.1, 0.15) is 29.8 Å². The molecular formula is C21H20BrClN2O3. The van der Waals surface area contributed by atoms with E-state index in [1.807, 2.05) is 44.2 Å². The number of carbonyl (C=O) groups excluding carboxylic acids is 1. The van der Waals surface area contributed by atoms with Gasteiger partial charge < -0.3 is 14.8 Å². The van der Waals surface area contributed by atoms with Gasteiger partial charge >= 0.3 is 5.97 Å². The Morgan fingerprint density at radius 1 is 1.21 bits per heavy atom. The number of esters is 1. The molecule has 0 aliphatic heterocycles. The standard InChI is InChI=1S/C21H20BrClN2O3/c1-4-27-19-10-18-14(9-16(19)22)20(15(11-24-18)21(26)28-5-2)25-17-8-13(23)7-6-12(17)3/h6-11H,4-5H2,1-3H3,(H,24,25). The van der Waals surface area contributed by atoms with Crippen molar-refractivity contribution >= 4 is 55.8 Å². The van der Waals surface area contributed by atoms with Crippen LogP contribution in [0.2, 0.25) is 5.02 Å². The maximum atomic E-state index is 12.5. The quantitative estimate of drug-likeness (QED) is 0.436. The molecule has 7 heteroatoms. The number of nitrogens with zero attached hydrogens (tertiary/aromatic N) is 1. The number of aryl methyl sites for hydroxylation is 1. The lowest BCUT2D eigenvalue weighted by Crippen LogP contribution is -2.10. The lowest BCUT2D eigenvalue weighted by Gasteiger charge is -2.17. The molecule has 0 amide bonds. The van der Waals surface area contributed by atoms with Gasteiger partial charge in [-0.1, -0.05) is 17.7 Å². The third-order valence-electron chi connectivity index (χ3n) is 4.18. The molecule has 0 spiro atoms. The van der Waals surface area contributed by atoms with E-state index in [0.29, 0.717) is 34.1 Å². The van der Waals surface area contributed by atoms with Gasteiger partial charge in [0.15, 0.2) is 0 Å². The largest absolute Gasteiger partial charge is 0.493 e. The van der Waals surface area contributed by atoms with Gasteiger partial charge in [-0.3, -0.25) is 4.98 Å². The van der Waals surface area contributed by atoms with Gasteiger partial charge in [0.2, 0.25) is 0 Å². The highest BCUT2D eigenvalue weighted by Gasteiger charge is 2.19. The molecule has 2 aromatic carbocycles. The van der Waals surface area contributed by atoms with Crippen molar-refractivity contribution in [2.45, 2.75) is 20.8 Å². The van der Waals surface area contributed by atoms with Crippen LogP contribution in [0.5, 0.6) is 5.75 Å². The molecule has 28 heavy (non-hydrogen) atoms. The molecule has 0 unspecified atom stereocenters. The van der Waals surface area contributed by atoms with Crippen LogP contribution in [0.4, 0.5) is 11.4 Å². The highest BCUT2D eigenvalue weighted by Crippen LogP contribution is 2.37. The van der Waals surface area contributed by atoms with Gasteiger partial charge in [0.1, 0.15) is 11.3 Å². The third kappa shape index (κ3) is 4.23. The molecular weight excluding hydrogens is 444 g/mol. The third-order valence-corrected chi connectivity index (χ3v) is 5.03. The highest BCUT2D eigenvalue weighted by atomic mass is 79.9. The minimum absolute atomic E-state index is 0.277. The van der Waals surface area contributed by atoms with Crippen molar-refractivity contribution in [3.8, 4) is 5.75 Å². The molecule has 0 fully saturated rings. The second-order valence-corrected chi connectivity index (χ2v) is 7.38. The molecule has 0 radical (unpaired) electrons. The second-order valence-electron chi connectivity index (χ2n) is 6.08. The van der Waals surface area contributed by atoms with Gasteiger partial charge in [-0.25, -0.2) is 4.79 Å². The number of nitrogens with one attached hydrogen (secondary N) is 1. The number of fused-ring (bicyclic) bond motifs is 1. The van der Waals surface area contributed by atoms with Gasteiger partial charge in [-0.05, 0) is 60.5 Å². The molecule has 0 aliphatic rings. The van der Waals surface area contributed by atoms with Crippen LogP contribution in [0.3, 0.4) is 0 Å². The summed E-state index contributed by atoms with van der Waals surface area (Å²) >= 11 is 9.70. The Labute approximate surface area is 177 Å². The summed E-state index contributed by atoms with van der Waals surface area (Å²) in [6.07, 6.45) is 1.52. The lowest BCUT2D eigenvalue weighted by atomic mass is 10.1. The smallest absolute Gasteiger partial charge is 0.341 e. The average molecular weight is 464 g/mol. The van der Waals surface area contributed by atoms with Crippen molar-refractivity contribution in [3.05, 3.63) is 57.2 Å². The fourth-order valence-corrected chi connectivity index (χ4v) is 3.45. The molecule has 0 saturated heterocycles. The summed E-state index contributed by atoms with van der Waals surface area (Å²) < 4.78 is 11.6. The maximum absolute atomic E-state index is 12.5. The van der Waals surface area contributed by atoms with E-state index in [4.69, 9.17) is 21.1 Å². The predicted molar refractivity (Wildman–Crippen MR) is 116 cm³/mol. The molecule has 0 bridgehead atoms. The Kier molecular flexibility index (Phi) is 6.42. The molecule has 0 aliphatic carbocycles. The maximum Gasteiger partial charge on any atom is 0.341 e. The highest BCUT2D eigenvalue weighted by molar-refractivity contribution is 9.10. The summed E-state index contributed by atoms with van der Waals surface area (Å²) in [5.74, 6) is 0.250. The Hall–Kier alpha value is -2.31. The van der Waals surface area contributed by atoms with Gasteiger partial charge in [0.05, 0.1) is 28.9 Å². The van der Waals surface area contributed by atoms with Crippen LogP contribution in [0.25, 0.3) is 10.9 Å². The first-order chi connectivity index (χ1) is 13.4. The molecule has 3 rings (SSSR count). The number of hydrogen-bond acceptors (Lipinski definition) is 5. The second kappa shape index (κ2) is 8.80. The minimum Gasteiger partial charge on any atom is -0.493 e. The first kappa shape index (κ1) is 20.4. The zero-order valence-corrected chi connectivity index (χ0v) is 18.1. The van der Waals surface area contributed by atoms with Gasteiger partial charge in [0.25, 0.3) is 0 Å². The zero-order valence-electron chi connectivity index (χ0n) is 15.8. The van der Waals surface area contributed by atoms with Crippen molar-refractivity contribution in [1.29, 1.82) is 0 Å². The Balaban J connectivity index is 2.22. The van der Waals surface area contributed by atoms with Gasteiger partial charge in [0, 0.05) is 28.4 Å². The molecule has 146 valence electrons. The molecule has 0 atom stereocenters. The lowest BCUT2D eigenvalue weighted by molar-refractivity contribution is 0.0527. The van der Waals surface area contributed by atoms with Crippen LogP contribution < -0.4 is 10.1 Å². The summed E-state index contributed by atoms with van der Waals surface area (Å²) in [5.41, 5.74) is 3.45. The normalized spacial score (nSPS) is 10.8. The van der Waals surface area contributed by atoms with E-state index in [2.05, 4.69) is 26.2 Å². The summed E-state index contributed by atoms with van der Waals surface area (Å²) in [7, 11) is 0. The van der Waals surface area contributed by atoms with E-state index in [-0.39, 0.29) is 6.61 Å². The monoisotopic (exact) mass is 462 g/mol. The molecule has 0 saturated carbocycles. The van der Waals surface area contributed by atoms with E-state index in [0.717, 1.165) is 21.1 Å². The molecule has 5 nitrogen and oxygen atoms in total. The van der Waals surface area contributed by atoms with Crippen molar-refractivity contribution < 1.29 is 14.3 Å². The first-order valence-corrected chi connectivity index (χ1v) is 10.1. The summed E-state index contributed by atoms with van der Waals surface area (Å²) in [5, 5.41) is 4.72. The van der Waals surface area contributed by atoms with E-state index in [1.54, 1.807) is 6.92 Å². The number of ether oxygens (including phenoxy) is 2. The van der Waals surface area contributed by atoms with E-state index < -0.39 is 5.97 Å². The fourth-order valence-electron chi connectivity index (χ4n) is 2.82. The fraction of sp³-hybridized carbons (Fsp3) is 0.238. The van der Waals surface area contributed by atoms with Crippen molar-refractivity contribution in [1.82, 2.24) is 4.98 Å². The zero-order chi connectivity index (χ0) is 20.3. The molecule has 1 aromatic heterocycles. The number of anilines is 2.